The van der Waals surface area contributed by atoms with Gasteiger partial charge in [0, 0.05) is 18.2 Å². The Labute approximate surface area is 158 Å². The Balaban J connectivity index is 1.41. The Hall–Kier alpha value is -2.70. The highest BCUT2D eigenvalue weighted by atomic mass is 32.2. The van der Waals surface area contributed by atoms with Crippen molar-refractivity contribution in [3.63, 3.8) is 0 Å². The molecule has 1 amide bonds. The van der Waals surface area contributed by atoms with E-state index in [0.717, 1.165) is 29.2 Å². The minimum absolute atomic E-state index is 0.0555. The minimum atomic E-state index is -3.50. The van der Waals surface area contributed by atoms with E-state index in [1.807, 2.05) is 36.4 Å². The standard InChI is InChI=1S/C21H20N2O3S/c24-21(22-14-15-5-6-16-3-1-2-4-18(16)13-15)17-7-11-20(12-8-17)27(25,26)23-19-9-10-19/h1-8,11-13,19,23H,9-10,14H2,(H,22,24). The van der Waals surface area contributed by atoms with Gasteiger partial charge in [0.1, 0.15) is 0 Å². The van der Waals surface area contributed by atoms with E-state index in [4.69, 9.17) is 0 Å². The molecule has 0 aliphatic heterocycles. The van der Waals surface area contributed by atoms with Crippen LogP contribution in [-0.4, -0.2) is 20.4 Å². The van der Waals surface area contributed by atoms with E-state index >= 15 is 0 Å². The molecular weight excluding hydrogens is 360 g/mol. The molecule has 5 nitrogen and oxygen atoms in total. The van der Waals surface area contributed by atoms with Crippen molar-refractivity contribution in [3.05, 3.63) is 77.9 Å². The summed E-state index contributed by atoms with van der Waals surface area (Å²) in [7, 11) is -3.50. The zero-order valence-corrected chi connectivity index (χ0v) is 15.5. The second kappa shape index (κ2) is 7.13. The molecule has 0 bridgehead atoms. The van der Waals surface area contributed by atoms with Crippen molar-refractivity contribution in [2.24, 2.45) is 0 Å². The molecule has 3 aromatic carbocycles. The van der Waals surface area contributed by atoms with Crippen molar-refractivity contribution in [1.29, 1.82) is 0 Å². The first-order valence-corrected chi connectivity index (χ1v) is 10.4. The van der Waals surface area contributed by atoms with Crippen molar-refractivity contribution >= 4 is 26.7 Å². The highest BCUT2D eigenvalue weighted by Crippen LogP contribution is 2.22. The summed E-state index contributed by atoms with van der Waals surface area (Å²) in [5.74, 6) is -0.234. The molecule has 0 heterocycles. The lowest BCUT2D eigenvalue weighted by molar-refractivity contribution is 0.0951. The van der Waals surface area contributed by atoms with Crippen LogP contribution in [0.15, 0.2) is 71.6 Å². The van der Waals surface area contributed by atoms with Crippen molar-refractivity contribution in [2.45, 2.75) is 30.3 Å². The number of rotatable bonds is 6. The summed E-state index contributed by atoms with van der Waals surface area (Å²) in [6.07, 6.45) is 1.77. The molecule has 1 aliphatic carbocycles. The fourth-order valence-corrected chi connectivity index (χ4v) is 4.21. The molecule has 6 heteroatoms. The highest BCUT2D eigenvalue weighted by Gasteiger charge is 2.27. The molecule has 0 aromatic heterocycles. The van der Waals surface area contributed by atoms with E-state index in [-0.39, 0.29) is 16.8 Å². The second-order valence-corrected chi connectivity index (χ2v) is 8.50. The van der Waals surface area contributed by atoms with Gasteiger partial charge in [0.15, 0.2) is 0 Å². The molecular formula is C21H20N2O3S. The largest absolute Gasteiger partial charge is 0.348 e. The number of sulfonamides is 1. The van der Waals surface area contributed by atoms with Gasteiger partial charge in [-0.1, -0.05) is 36.4 Å². The maximum atomic E-state index is 12.4. The zero-order valence-electron chi connectivity index (χ0n) is 14.7. The Morgan fingerprint density at radius 3 is 2.33 bits per heavy atom. The first kappa shape index (κ1) is 17.7. The highest BCUT2D eigenvalue weighted by molar-refractivity contribution is 7.89. The lowest BCUT2D eigenvalue weighted by Crippen LogP contribution is -2.26. The van der Waals surface area contributed by atoms with E-state index in [9.17, 15) is 13.2 Å². The van der Waals surface area contributed by atoms with Crippen LogP contribution in [-0.2, 0) is 16.6 Å². The third kappa shape index (κ3) is 4.18. The van der Waals surface area contributed by atoms with Gasteiger partial charge < -0.3 is 5.32 Å². The van der Waals surface area contributed by atoms with Crippen LogP contribution in [0.3, 0.4) is 0 Å². The Morgan fingerprint density at radius 2 is 1.63 bits per heavy atom. The van der Waals surface area contributed by atoms with Gasteiger partial charge in [-0.3, -0.25) is 4.79 Å². The van der Waals surface area contributed by atoms with Crippen LogP contribution in [0.25, 0.3) is 10.8 Å². The third-order valence-electron chi connectivity index (χ3n) is 4.59. The minimum Gasteiger partial charge on any atom is -0.348 e. The third-order valence-corrected chi connectivity index (χ3v) is 6.13. The molecule has 0 spiro atoms. The SMILES string of the molecule is O=C(NCc1ccc2ccccc2c1)c1ccc(S(=O)(=O)NC2CC2)cc1. The van der Waals surface area contributed by atoms with Gasteiger partial charge in [0.2, 0.25) is 10.0 Å². The summed E-state index contributed by atoms with van der Waals surface area (Å²) < 4.78 is 27.0. The molecule has 1 fully saturated rings. The van der Waals surface area contributed by atoms with Gasteiger partial charge in [-0.2, -0.15) is 0 Å². The second-order valence-electron chi connectivity index (χ2n) is 6.78. The smallest absolute Gasteiger partial charge is 0.251 e. The molecule has 0 unspecified atom stereocenters. The van der Waals surface area contributed by atoms with Crippen LogP contribution < -0.4 is 10.0 Å². The number of amides is 1. The maximum Gasteiger partial charge on any atom is 0.251 e. The number of hydrogen-bond donors (Lipinski definition) is 2. The average molecular weight is 380 g/mol. The zero-order chi connectivity index (χ0) is 18.9. The first-order valence-electron chi connectivity index (χ1n) is 8.89. The van der Waals surface area contributed by atoms with Gasteiger partial charge in [-0.25, -0.2) is 13.1 Å². The number of hydrogen-bond acceptors (Lipinski definition) is 3. The van der Waals surface area contributed by atoms with Gasteiger partial charge >= 0.3 is 0 Å². The summed E-state index contributed by atoms with van der Waals surface area (Å²) in [6, 6.07) is 20.2. The van der Waals surface area contributed by atoms with E-state index in [1.165, 1.54) is 24.3 Å². The normalized spacial score (nSPS) is 14.2. The van der Waals surface area contributed by atoms with Gasteiger partial charge in [0.25, 0.3) is 5.91 Å². The molecule has 2 N–H and O–H groups in total. The maximum absolute atomic E-state index is 12.4. The molecule has 3 aromatic rings. The van der Waals surface area contributed by atoms with Gasteiger partial charge in [-0.15, -0.1) is 0 Å². The predicted molar refractivity (Wildman–Crippen MR) is 105 cm³/mol. The Morgan fingerprint density at radius 1 is 0.926 bits per heavy atom. The van der Waals surface area contributed by atoms with Crippen LogP contribution in [0.2, 0.25) is 0 Å². The summed E-state index contributed by atoms with van der Waals surface area (Å²) in [5.41, 5.74) is 1.44. The van der Waals surface area contributed by atoms with E-state index in [2.05, 4.69) is 16.1 Å². The number of nitrogens with one attached hydrogen (secondary N) is 2. The molecule has 1 saturated carbocycles. The summed E-state index contributed by atoms with van der Waals surface area (Å²) in [4.78, 5) is 12.5. The molecule has 4 rings (SSSR count). The van der Waals surface area contributed by atoms with Crippen molar-refractivity contribution < 1.29 is 13.2 Å². The van der Waals surface area contributed by atoms with E-state index in [0.29, 0.717) is 12.1 Å². The Kier molecular flexibility index (Phi) is 4.68. The van der Waals surface area contributed by atoms with Crippen molar-refractivity contribution in [3.8, 4) is 0 Å². The monoisotopic (exact) mass is 380 g/mol. The van der Waals surface area contributed by atoms with Crippen LogP contribution in [0.4, 0.5) is 0 Å². The first-order chi connectivity index (χ1) is 13.0. The summed E-state index contributed by atoms with van der Waals surface area (Å²) in [5, 5.41) is 5.16. The van der Waals surface area contributed by atoms with Crippen LogP contribution in [0.1, 0.15) is 28.8 Å². The van der Waals surface area contributed by atoms with Crippen LogP contribution in [0, 0.1) is 0 Å². The van der Waals surface area contributed by atoms with Crippen molar-refractivity contribution in [2.75, 3.05) is 0 Å². The molecule has 138 valence electrons. The van der Waals surface area contributed by atoms with Gasteiger partial charge in [0.05, 0.1) is 4.90 Å². The molecule has 1 aliphatic rings. The lowest BCUT2D eigenvalue weighted by atomic mass is 10.1. The fraction of sp³-hybridized carbons (Fsp3) is 0.190. The number of benzene rings is 3. The summed E-state index contributed by atoms with van der Waals surface area (Å²) >= 11 is 0. The van der Waals surface area contributed by atoms with Gasteiger partial charge in [-0.05, 0) is 59.5 Å². The fourth-order valence-electron chi connectivity index (χ4n) is 2.91. The molecule has 0 saturated heterocycles. The topological polar surface area (TPSA) is 75.3 Å². The molecule has 27 heavy (non-hydrogen) atoms. The molecule has 0 radical (unpaired) electrons. The van der Waals surface area contributed by atoms with Crippen LogP contribution in [0.5, 0.6) is 0 Å². The molecule has 0 atom stereocenters. The number of fused-ring (bicyclic) bond motifs is 1. The predicted octanol–water partition coefficient (Wildman–Crippen LogP) is 3.21. The average Bonchev–Trinajstić information content (AvgIpc) is 3.49. The number of carbonyl (C=O) groups excluding carboxylic acids is 1. The van der Waals surface area contributed by atoms with Crippen molar-refractivity contribution in [1.82, 2.24) is 10.0 Å². The number of carbonyl (C=O) groups is 1. The lowest BCUT2D eigenvalue weighted by Gasteiger charge is -2.08. The van der Waals surface area contributed by atoms with E-state index < -0.39 is 10.0 Å². The Bertz CT molecular complexity index is 1090. The van der Waals surface area contributed by atoms with Crippen LogP contribution >= 0.6 is 0 Å². The quantitative estimate of drug-likeness (QED) is 0.689. The summed E-state index contributed by atoms with van der Waals surface area (Å²) in [6.45, 7) is 0.410. The van der Waals surface area contributed by atoms with E-state index in [1.54, 1.807) is 0 Å².